The maximum atomic E-state index is 12.4. The molecule has 0 aromatic carbocycles. The van der Waals surface area contributed by atoms with Gasteiger partial charge in [0.1, 0.15) is 0 Å². The molecule has 0 saturated carbocycles. The normalized spacial score (nSPS) is 19.3. The van der Waals surface area contributed by atoms with E-state index in [1.807, 2.05) is 24.0 Å². The van der Waals surface area contributed by atoms with Gasteiger partial charge in [-0.2, -0.15) is 0 Å². The minimum atomic E-state index is -0.0932. The molecular formula is C14H22Cl2N2OS. The first-order valence-corrected chi connectivity index (χ1v) is 7.98. The van der Waals surface area contributed by atoms with E-state index in [1.165, 1.54) is 11.3 Å². The van der Waals surface area contributed by atoms with Gasteiger partial charge in [-0.05, 0) is 44.7 Å². The Morgan fingerprint density at radius 2 is 2.00 bits per heavy atom. The van der Waals surface area contributed by atoms with Gasteiger partial charge >= 0.3 is 0 Å². The minimum Gasteiger partial charge on any atom is -0.342 e. The van der Waals surface area contributed by atoms with Crippen LogP contribution in [0.5, 0.6) is 0 Å². The van der Waals surface area contributed by atoms with E-state index in [9.17, 15) is 4.79 Å². The lowest BCUT2D eigenvalue weighted by Gasteiger charge is -2.35. The third kappa shape index (κ3) is 4.10. The van der Waals surface area contributed by atoms with Crippen LogP contribution in [0.3, 0.4) is 0 Å². The molecule has 1 fully saturated rings. The summed E-state index contributed by atoms with van der Waals surface area (Å²) in [4.78, 5) is 15.5. The van der Waals surface area contributed by atoms with E-state index in [0.29, 0.717) is 5.92 Å². The van der Waals surface area contributed by atoms with E-state index >= 15 is 0 Å². The Morgan fingerprint density at radius 1 is 1.40 bits per heavy atom. The zero-order valence-electron chi connectivity index (χ0n) is 11.8. The molecule has 2 atom stereocenters. The van der Waals surface area contributed by atoms with Crippen molar-refractivity contribution in [2.24, 2.45) is 11.7 Å². The molecule has 3 nitrogen and oxygen atoms in total. The molecule has 1 aliphatic heterocycles. The Hall–Kier alpha value is -0.290. The number of rotatable bonds is 3. The van der Waals surface area contributed by atoms with Gasteiger partial charge < -0.3 is 10.6 Å². The topological polar surface area (TPSA) is 46.3 Å². The van der Waals surface area contributed by atoms with Crippen molar-refractivity contribution >= 4 is 41.3 Å². The van der Waals surface area contributed by atoms with Crippen LogP contribution in [0.25, 0.3) is 0 Å². The van der Waals surface area contributed by atoms with Crippen LogP contribution in [0.15, 0.2) is 12.1 Å². The molecule has 2 rings (SSSR count). The number of amides is 1. The molecule has 20 heavy (non-hydrogen) atoms. The highest BCUT2D eigenvalue weighted by atomic mass is 35.5. The molecule has 0 aliphatic carbocycles. The van der Waals surface area contributed by atoms with Crippen LogP contribution in [0, 0.1) is 5.92 Å². The molecule has 114 valence electrons. The summed E-state index contributed by atoms with van der Waals surface area (Å²) in [5.41, 5.74) is 5.93. The van der Waals surface area contributed by atoms with Crippen molar-refractivity contribution in [3.63, 3.8) is 0 Å². The number of nitrogens with zero attached hydrogens (tertiary/aromatic N) is 1. The Bertz CT molecular complexity index is 442. The largest absolute Gasteiger partial charge is 0.342 e. The summed E-state index contributed by atoms with van der Waals surface area (Å²) < 4.78 is 0.741. The van der Waals surface area contributed by atoms with Gasteiger partial charge in [0.2, 0.25) is 5.91 Å². The van der Waals surface area contributed by atoms with Gasteiger partial charge in [-0.15, -0.1) is 23.7 Å². The summed E-state index contributed by atoms with van der Waals surface area (Å²) in [5.74, 6) is 0.668. The Kier molecular flexibility index (Phi) is 6.79. The number of thiophene rings is 1. The van der Waals surface area contributed by atoms with Gasteiger partial charge in [0.25, 0.3) is 0 Å². The maximum Gasteiger partial charge on any atom is 0.230 e. The van der Waals surface area contributed by atoms with E-state index in [-0.39, 0.29) is 30.3 Å². The summed E-state index contributed by atoms with van der Waals surface area (Å²) in [6, 6.07) is 4.03. The predicted octanol–water partition coefficient (Wildman–Crippen LogP) is 3.51. The lowest BCUT2D eigenvalue weighted by atomic mass is 9.90. The molecule has 1 aromatic heterocycles. The highest BCUT2D eigenvalue weighted by molar-refractivity contribution is 7.16. The zero-order chi connectivity index (χ0) is 14.0. The van der Waals surface area contributed by atoms with Gasteiger partial charge in [0, 0.05) is 24.0 Å². The van der Waals surface area contributed by atoms with Gasteiger partial charge in [0.05, 0.1) is 10.3 Å². The first-order valence-electron chi connectivity index (χ1n) is 6.78. The predicted molar refractivity (Wildman–Crippen MR) is 87.9 cm³/mol. The fraction of sp³-hybridized carbons (Fsp3) is 0.643. The fourth-order valence-electron chi connectivity index (χ4n) is 2.60. The zero-order valence-corrected chi connectivity index (χ0v) is 14.2. The third-order valence-corrected chi connectivity index (χ3v) is 5.40. The van der Waals surface area contributed by atoms with Crippen LogP contribution >= 0.6 is 35.3 Å². The molecule has 1 aromatic rings. The third-order valence-electron chi connectivity index (χ3n) is 3.99. The van der Waals surface area contributed by atoms with Crippen LogP contribution in [0.4, 0.5) is 0 Å². The van der Waals surface area contributed by atoms with Crippen molar-refractivity contribution in [1.82, 2.24) is 4.90 Å². The van der Waals surface area contributed by atoms with E-state index in [1.54, 1.807) is 0 Å². The second kappa shape index (κ2) is 7.64. The Labute approximate surface area is 135 Å². The molecule has 0 spiro atoms. The van der Waals surface area contributed by atoms with E-state index in [2.05, 4.69) is 6.92 Å². The van der Waals surface area contributed by atoms with Crippen molar-refractivity contribution in [1.29, 1.82) is 0 Å². The molecule has 2 heterocycles. The van der Waals surface area contributed by atoms with E-state index in [4.69, 9.17) is 17.3 Å². The smallest absolute Gasteiger partial charge is 0.230 e. The van der Waals surface area contributed by atoms with Crippen LogP contribution in [0.2, 0.25) is 4.34 Å². The van der Waals surface area contributed by atoms with Crippen LogP contribution in [-0.4, -0.2) is 29.9 Å². The van der Waals surface area contributed by atoms with Crippen LogP contribution in [0.1, 0.15) is 37.5 Å². The molecule has 0 bridgehead atoms. The summed E-state index contributed by atoms with van der Waals surface area (Å²) in [6.07, 6.45) is 2.03. The monoisotopic (exact) mass is 336 g/mol. The summed E-state index contributed by atoms with van der Waals surface area (Å²) in [7, 11) is 0. The average molecular weight is 337 g/mol. The van der Waals surface area contributed by atoms with Crippen molar-refractivity contribution in [3.05, 3.63) is 21.3 Å². The standard InChI is InChI=1S/C14H21ClN2OS.ClH/c1-9(12-3-4-13(15)19-12)14(18)17-7-5-11(6-8-17)10(2)16;/h3-4,9-11H,5-8,16H2,1-2H3;1H. The average Bonchev–Trinajstić information content (AvgIpc) is 2.84. The second-order valence-corrected chi connectivity index (χ2v) is 7.13. The number of hydrogen-bond acceptors (Lipinski definition) is 3. The second-order valence-electron chi connectivity index (χ2n) is 5.39. The Balaban J connectivity index is 0.00000200. The molecule has 6 heteroatoms. The van der Waals surface area contributed by atoms with Crippen molar-refractivity contribution in [2.75, 3.05) is 13.1 Å². The molecular weight excluding hydrogens is 315 g/mol. The van der Waals surface area contributed by atoms with Crippen molar-refractivity contribution in [2.45, 2.75) is 38.6 Å². The number of carbonyl (C=O) groups excluding carboxylic acids is 1. The molecule has 1 aliphatic rings. The summed E-state index contributed by atoms with van der Waals surface area (Å²) in [6.45, 7) is 5.67. The minimum absolute atomic E-state index is 0. The quantitative estimate of drug-likeness (QED) is 0.917. The number of carbonyl (C=O) groups is 1. The molecule has 1 saturated heterocycles. The van der Waals surface area contributed by atoms with Gasteiger partial charge in [-0.25, -0.2) is 0 Å². The Morgan fingerprint density at radius 3 is 2.45 bits per heavy atom. The number of halogens is 2. The fourth-order valence-corrected chi connectivity index (χ4v) is 3.71. The first-order chi connectivity index (χ1) is 8.99. The summed E-state index contributed by atoms with van der Waals surface area (Å²) in [5, 5.41) is 0. The lowest BCUT2D eigenvalue weighted by molar-refractivity contribution is -0.133. The molecule has 2 N–H and O–H groups in total. The van der Waals surface area contributed by atoms with Gasteiger partial charge in [0.15, 0.2) is 0 Å². The number of likely N-dealkylation sites (tertiary alicyclic amines) is 1. The lowest BCUT2D eigenvalue weighted by Crippen LogP contribution is -2.43. The molecule has 0 radical (unpaired) electrons. The summed E-state index contributed by atoms with van der Waals surface area (Å²) >= 11 is 7.42. The van der Waals surface area contributed by atoms with Crippen molar-refractivity contribution in [3.8, 4) is 0 Å². The van der Waals surface area contributed by atoms with Gasteiger partial charge in [-0.1, -0.05) is 11.6 Å². The molecule has 1 amide bonds. The van der Waals surface area contributed by atoms with Gasteiger partial charge in [-0.3, -0.25) is 4.79 Å². The number of hydrogen-bond donors (Lipinski definition) is 1. The molecule has 2 unspecified atom stereocenters. The SMILES string of the molecule is CC(C(=O)N1CCC(C(C)N)CC1)c1ccc(Cl)s1.Cl. The van der Waals surface area contributed by atoms with Crippen molar-refractivity contribution < 1.29 is 4.79 Å². The highest BCUT2D eigenvalue weighted by Crippen LogP contribution is 2.30. The van der Waals surface area contributed by atoms with E-state index < -0.39 is 0 Å². The van der Waals surface area contributed by atoms with Crippen LogP contribution in [-0.2, 0) is 4.79 Å². The number of nitrogens with two attached hydrogens (primary N) is 1. The highest BCUT2D eigenvalue weighted by Gasteiger charge is 2.28. The first kappa shape index (κ1) is 17.8. The maximum absolute atomic E-state index is 12.4. The van der Waals surface area contributed by atoms with Crippen LogP contribution < -0.4 is 5.73 Å². The van der Waals surface area contributed by atoms with E-state index in [0.717, 1.165) is 35.1 Å². The number of piperidine rings is 1.